The molecule has 2 amide bonds. The maximum atomic E-state index is 14.4. The zero-order valence-corrected chi connectivity index (χ0v) is 24.5. The van der Waals surface area contributed by atoms with Gasteiger partial charge in [0.05, 0.1) is 30.7 Å². The molecule has 1 fully saturated rings. The van der Waals surface area contributed by atoms with Crippen molar-refractivity contribution in [3.05, 3.63) is 95.6 Å². The van der Waals surface area contributed by atoms with Crippen molar-refractivity contribution >= 4 is 21.9 Å². The Morgan fingerprint density at radius 1 is 1.05 bits per heavy atom. The van der Waals surface area contributed by atoms with E-state index in [1.165, 1.54) is 29.2 Å². The Kier molecular flexibility index (Phi) is 10.0. The number of oxime groups is 1. The van der Waals surface area contributed by atoms with Gasteiger partial charge in [-0.25, -0.2) is 18.2 Å². The number of aliphatic hydroxyl groups excluding tert-OH is 1. The quantitative estimate of drug-likeness (QED) is 0.133. The minimum absolute atomic E-state index is 0.0512. The molecule has 0 saturated carbocycles. The number of hydrazine groups is 1. The highest BCUT2D eigenvalue weighted by atomic mass is 32.2. The summed E-state index contributed by atoms with van der Waals surface area (Å²) in [5.74, 6) is 0.270. The summed E-state index contributed by atoms with van der Waals surface area (Å²) >= 11 is 0. The number of ether oxygens (including phenoxy) is 1. The van der Waals surface area contributed by atoms with Crippen LogP contribution in [0.5, 0.6) is 5.75 Å². The van der Waals surface area contributed by atoms with Crippen LogP contribution in [0.25, 0.3) is 0 Å². The van der Waals surface area contributed by atoms with Crippen LogP contribution in [0, 0.1) is 0 Å². The van der Waals surface area contributed by atoms with Crippen molar-refractivity contribution in [2.75, 3.05) is 20.2 Å². The van der Waals surface area contributed by atoms with E-state index in [-0.39, 0.29) is 30.4 Å². The summed E-state index contributed by atoms with van der Waals surface area (Å²) in [6.07, 6.45) is 0.326. The molecule has 1 heterocycles. The number of carbonyl (C=O) groups is 1. The van der Waals surface area contributed by atoms with Crippen molar-refractivity contribution in [1.29, 1.82) is 0 Å². The molecule has 4 N–H and O–H groups in total. The van der Waals surface area contributed by atoms with Crippen LogP contribution in [-0.4, -0.2) is 77.3 Å². The van der Waals surface area contributed by atoms with Gasteiger partial charge in [0.2, 0.25) is 0 Å². The largest absolute Gasteiger partial charge is 0.497 e. The van der Waals surface area contributed by atoms with Crippen LogP contribution in [0.4, 0.5) is 4.79 Å². The normalized spacial score (nSPS) is 18.6. The van der Waals surface area contributed by atoms with E-state index in [4.69, 9.17) is 15.7 Å². The summed E-state index contributed by atoms with van der Waals surface area (Å²) < 4.78 is 34.3. The Balaban J connectivity index is 1.81. The van der Waals surface area contributed by atoms with Crippen molar-refractivity contribution in [2.24, 2.45) is 10.9 Å². The number of unbranched alkanes of at least 4 members (excludes halogenated alkanes) is 1. The van der Waals surface area contributed by atoms with Crippen LogP contribution in [0.1, 0.15) is 36.5 Å². The molecule has 0 spiro atoms. The first-order valence-electron chi connectivity index (χ1n) is 13.7. The second-order valence-electron chi connectivity index (χ2n) is 10.1. The zero-order chi connectivity index (χ0) is 30.3. The minimum atomic E-state index is -4.27. The van der Waals surface area contributed by atoms with Crippen molar-refractivity contribution in [2.45, 2.75) is 49.8 Å². The summed E-state index contributed by atoms with van der Waals surface area (Å²) in [6.45, 7) is 1.80. The number of sulfonamides is 1. The van der Waals surface area contributed by atoms with Gasteiger partial charge in [0, 0.05) is 24.7 Å². The number of urea groups is 1. The number of amides is 2. The van der Waals surface area contributed by atoms with Crippen LogP contribution in [-0.2, 0) is 23.0 Å². The minimum Gasteiger partial charge on any atom is -0.497 e. The number of carbonyl (C=O) groups excluding carboxylic acids is 1. The lowest BCUT2D eigenvalue weighted by Gasteiger charge is -2.35. The number of β-amino-alcohol motifs (C(OH)–C–C–N with tert-alkyl or cyclic N) is 1. The number of methoxy groups -OCH3 is 1. The van der Waals surface area contributed by atoms with Gasteiger partial charge in [-0.2, -0.15) is 0 Å². The standard InChI is InChI=1S/C30H37N5O6S/c1-3-4-16-34-30(37)33(20-23-12-8-13-24(17-23)29(31)32-38)27(18-22-10-6-5-7-11-22)28(36)21-35(34)42(39,40)26-15-9-14-25(19-26)41-2/h5-15,17,19,27-28,36,38H,3-4,16,18,20-21H2,1-2H3,(H2,31,32)/t27-,28-/m1/s1. The lowest BCUT2D eigenvalue weighted by Crippen LogP contribution is -2.53. The van der Waals surface area contributed by atoms with Crippen LogP contribution in [0.2, 0.25) is 0 Å². The third-order valence-corrected chi connectivity index (χ3v) is 8.99. The number of hydrogen-bond donors (Lipinski definition) is 3. The van der Waals surface area contributed by atoms with Crippen LogP contribution >= 0.6 is 0 Å². The number of benzene rings is 3. The SMILES string of the molecule is CCCCN1C(=O)N(Cc2cccc(/C(N)=N\O)c2)[C@H](Cc2ccccc2)[C@H](O)CN1S(=O)(=O)c1cccc(OC)c1. The van der Waals surface area contributed by atoms with Gasteiger partial charge in [-0.05, 0) is 42.2 Å². The molecule has 224 valence electrons. The fourth-order valence-corrected chi connectivity index (χ4v) is 6.49. The Morgan fingerprint density at radius 2 is 1.76 bits per heavy atom. The third-order valence-electron chi connectivity index (χ3n) is 7.23. The molecule has 1 aliphatic rings. The fourth-order valence-electron chi connectivity index (χ4n) is 4.97. The summed E-state index contributed by atoms with van der Waals surface area (Å²) in [6, 6.07) is 21.0. The number of nitrogens with two attached hydrogens (primary N) is 1. The second kappa shape index (κ2) is 13.7. The van der Waals surface area contributed by atoms with Crippen molar-refractivity contribution in [3.8, 4) is 5.75 Å². The number of hydrogen-bond acceptors (Lipinski definition) is 7. The molecule has 4 rings (SSSR count). The average Bonchev–Trinajstić information content (AvgIpc) is 3.10. The van der Waals surface area contributed by atoms with Crippen LogP contribution in [0.3, 0.4) is 0 Å². The maximum Gasteiger partial charge on any atom is 0.336 e. The third kappa shape index (κ3) is 6.84. The van der Waals surface area contributed by atoms with Gasteiger partial charge in [0.25, 0.3) is 10.0 Å². The van der Waals surface area contributed by atoms with E-state index in [0.29, 0.717) is 36.1 Å². The van der Waals surface area contributed by atoms with Gasteiger partial charge in [-0.1, -0.05) is 73.1 Å². The lowest BCUT2D eigenvalue weighted by molar-refractivity contribution is 0.0578. The van der Waals surface area contributed by atoms with E-state index in [9.17, 15) is 18.3 Å². The van der Waals surface area contributed by atoms with Gasteiger partial charge >= 0.3 is 6.03 Å². The fraction of sp³-hybridized carbons (Fsp3) is 0.333. The second-order valence-corrected chi connectivity index (χ2v) is 11.9. The van der Waals surface area contributed by atoms with Gasteiger partial charge in [0.15, 0.2) is 5.84 Å². The van der Waals surface area contributed by atoms with E-state index in [1.807, 2.05) is 37.3 Å². The number of aliphatic hydroxyl groups is 1. The first kappa shape index (κ1) is 30.8. The molecule has 1 aliphatic heterocycles. The molecule has 12 heteroatoms. The predicted octanol–water partition coefficient (Wildman–Crippen LogP) is 3.41. The monoisotopic (exact) mass is 595 g/mol. The first-order chi connectivity index (χ1) is 20.2. The molecule has 0 aromatic heterocycles. The lowest BCUT2D eigenvalue weighted by atomic mass is 9.99. The summed E-state index contributed by atoms with van der Waals surface area (Å²) in [4.78, 5) is 15.9. The molecule has 1 saturated heterocycles. The highest BCUT2D eigenvalue weighted by Gasteiger charge is 2.44. The molecule has 3 aromatic carbocycles. The van der Waals surface area contributed by atoms with Crippen LogP contribution in [0.15, 0.2) is 88.9 Å². The van der Waals surface area contributed by atoms with E-state index >= 15 is 0 Å². The molecule has 42 heavy (non-hydrogen) atoms. The van der Waals surface area contributed by atoms with Crippen molar-refractivity contribution in [3.63, 3.8) is 0 Å². The molecule has 2 atom stereocenters. The topological polar surface area (TPSA) is 149 Å². The summed E-state index contributed by atoms with van der Waals surface area (Å²) in [7, 11) is -2.82. The van der Waals surface area contributed by atoms with E-state index < -0.39 is 28.2 Å². The molecule has 0 aliphatic carbocycles. The molecule has 0 unspecified atom stereocenters. The number of amidine groups is 1. The van der Waals surface area contributed by atoms with Gasteiger partial charge < -0.3 is 25.7 Å². The average molecular weight is 596 g/mol. The van der Waals surface area contributed by atoms with E-state index in [1.54, 1.807) is 36.4 Å². The molecule has 3 aromatic rings. The number of nitrogens with zero attached hydrogens (tertiary/aromatic N) is 4. The molecular formula is C30H37N5O6S. The van der Waals surface area contributed by atoms with Crippen molar-refractivity contribution < 1.29 is 28.3 Å². The highest BCUT2D eigenvalue weighted by molar-refractivity contribution is 7.89. The Morgan fingerprint density at radius 3 is 2.45 bits per heavy atom. The summed E-state index contributed by atoms with van der Waals surface area (Å²) in [5, 5.41) is 25.1. The van der Waals surface area contributed by atoms with Gasteiger partial charge in [0.1, 0.15) is 5.75 Å². The van der Waals surface area contributed by atoms with Gasteiger partial charge in [-0.15, -0.1) is 4.41 Å². The highest BCUT2D eigenvalue weighted by Crippen LogP contribution is 2.29. The Hall–Kier alpha value is -4.13. The molecule has 0 bridgehead atoms. The smallest absolute Gasteiger partial charge is 0.336 e. The number of rotatable bonds is 11. The summed E-state index contributed by atoms with van der Waals surface area (Å²) in [5.41, 5.74) is 7.82. The molecular weight excluding hydrogens is 558 g/mol. The maximum absolute atomic E-state index is 14.4. The zero-order valence-electron chi connectivity index (χ0n) is 23.7. The van der Waals surface area contributed by atoms with Crippen LogP contribution < -0.4 is 10.5 Å². The van der Waals surface area contributed by atoms with Gasteiger partial charge in [-0.3, -0.25) is 0 Å². The molecule has 11 nitrogen and oxygen atoms in total. The van der Waals surface area contributed by atoms with Crippen molar-refractivity contribution in [1.82, 2.24) is 14.3 Å². The molecule has 0 radical (unpaired) electrons. The first-order valence-corrected chi connectivity index (χ1v) is 15.2. The Bertz CT molecular complexity index is 1500. The van der Waals surface area contributed by atoms with E-state index in [2.05, 4.69) is 5.16 Å². The van der Waals surface area contributed by atoms with E-state index in [0.717, 1.165) is 9.98 Å². The predicted molar refractivity (Wildman–Crippen MR) is 158 cm³/mol. The Labute approximate surface area is 246 Å².